The molecule has 4 N–H and O–H groups in total. The number of esters is 1. The molecule has 0 heterocycles. The van der Waals surface area contributed by atoms with Crippen LogP contribution in [-0.4, -0.2) is 24.7 Å². The average molecular weight is 202 g/mol. The second-order valence-electron chi connectivity index (χ2n) is 3.56. The lowest BCUT2D eigenvalue weighted by atomic mass is 9.98. The van der Waals surface area contributed by atoms with Crippen LogP contribution in [0.5, 0.6) is 0 Å². The van der Waals surface area contributed by atoms with Crippen molar-refractivity contribution in [1.82, 2.24) is 0 Å². The molecular formula is C10H22N2O2. The first-order valence-corrected chi connectivity index (χ1v) is 5.27. The van der Waals surface area contributed by atoms with Crippen molar-refractivity contribution < 1.29 is 9.53 Å². The van der Waals surface area contributed by atoms with Crippen molar-refractivity contribution in [2.45, 2.75) is 45.1 Å². The Morgan fingerprint density at radius 1 is 1.36 bits per heavy atom. The number of hydrogen-bond acceptors (Lipinski definition) is 4. The fourth-order valence-electron chi connectivity index (χ4n) is 1.03. The van der Waals surface area contributed by atoms with E-state index in [1.54, 1.807) is 0 Å². The molecule has 0 aromatic rings. The van der Waals surface area contributed by atoms with Gasteiger partial charge in [0.15, 0.2) is 0 Å². The van der Waals surface area contributed by atoms with Crippen LogP contribution in [0.4, 0.5) is 0 Å². The summed E-state index contributed by atoms with van der Waals surface area (Å²) >= 11 is 0. The predicted octanol–water partition coefficient (Wildman–Crippen LogP) is 0.786. The highest BCUT2D eigenvalue weighted by Gasteiger charge is 2.31. The van der Waals surface area contributed by atoms with Gasteiger partial charge in [-0.15, -0.1) is 0 Å². The molecule has 0 fully saturated rings. The third-order valence-electron chi connectivity index (χ3n) is 2.38. The predicted molar refractivity (Wildman–Crippen MR) is 56.7 cm³/mol. The molecule has 4 nitrogen and oxygen atoms in total. The van der Waals surface area contributed by atoms with Crippen LogP contribution in [0, 0.1) is 0 Å². The summed E-state index contributed by atoms with van der Waals surface area (Å²) in [7, 11) is 0. The monoisotopic (exact) mass is 202 g/mol. The lowest BCUT2D eigenvalue weighted by Gasteiger charge is -2.23. The van der Waals surface area contributed by atoms with E-state index in [2.05, 4.69) is 6.92 Å². The van der Waals surface area contributed by atoms with Gasteiger partial charge in [0.25, 0.3) is 0 Å². The zero-order valence-corrected chi connectivity index (χ0v) is 9.21. The van der Waals surface area contributed by atoms with Crippen molar-refractivity contribution in [2.24, 2.45) is 11.5 Å². The van der Waals surface area contributed by atoms with Crippen molar-refractivity contribution in [3.63, 3.8) is 0 Å². The van der Waals surface area contributed by atoms with E-state index < -0.39 is 5.54 Å². The fraction of sp³-hybridized carbons (Fsp3) is 0.900. The Labute approximate surface area is 86.0 Å². The van der Waals surface area contributed by atoms with Crippen LogP contribution in [0.3, 0.4) is 0 Å². The molecule has 0 saturated heterocycles. The fourth-order valence-corrected chi connectivity index (χ4v) is 1.03. The summed E-state index contributed by atoms with van der Waals surface area (Å²) in [5.41, 5.74) is 10.2. The van der Waals surface area contributed by atoms with Gasteiger partial charge in [-0.05, 0) is 12.8 Å². The second-order valence-corrected chi connectivity index (χ2v) is 3.56. The van der Waals surface area contributed by atoms with Gasteiger partial charge in [0.05, 0.1) is 6.61 Å². The topological polar surface area (TPSA) is 78.3 Å². The maximum absolute atomic E-state index is 11.5. The van der Waals surface area contributed by atoms with Gasteiger partial charge < -0.3 is 16.2 Å². The van der Waals surface area contributed by atoms with Gasteiger partial charge in [0, 0.05) is 6.54 Å². The molecule has 1 atom stereocenters. The number of rotatable bonds is 7. The molecule has 0 aliphatic carbocycles. The number of carbonyl (C=O) groups excluding carboxylic acids is 1. The van der Waals surface area contributed by atoms with Crippen molar-refractivity contribution in [3.8, 4) is 0 Å². The minimum absolute atomic E-state index is 0.135. The third kappa shape index (κ3) is 4.07. The molecule has 4 heteroatoms. The van der Waals surface area contributed by atoms with E-state index in [0.717, 1.165) is 19.3 Å². The van der Waals surface area contributed by atoms with E-state index in [1.807, 2.05) is 6.92 Å². The van der Waals surface area contributed by atoms with Gasteiger partial charge >= 0.3 is 5.97 Å². The van der Waals surface area contributed by atoms with Crippen LogP contribution in [0.15, 0.2) is 0 Å². The summed E-state index contributed by atoms with van der Waals surface area (Å²) in [4.78, 5) is 11.5. The van der Waals surface area contributed by atoms with Gasteiger partial charge in [-0.2, -0.15) is 0 Å². The van der Waals surface area contributed by atoms with Crippen molar-refractivity contribution >= 4 is 5.97 Å². The first kappa shape index (κ1) is 13.4. The summed E-state index contributed by atoms with van der Waals surface area (Å²) in [6.07, 6.45) is 3.58. The van der Waals surface area contributed by atoms with E-state index in [4.69, 9.17) is 16.2 Å². The number of hydrogen-bond donors (Lipinski definition) is 2. The summed E-state index contributed by atoms with van der Waals surface area (Å²) < 4.78 is 5.05. The summed E-state index contributed by atoms with van der Waals surface area (Å²) in [6.45, 7) is 4.52. The van der Waals surface area contributed by atoms with Crippen LogP contribution in [0.1, 0.15) is 39.5 Å². The molecule has 0 rings (SSSR count). The van der Waals surface area contributed by atoms with E-state index in [-0.39, 0.29) is 12.5 Å². The third-order valence-corrected chi connectivity index (χ3v) is 2.38. The molecule has 0 aromatic carbocycles. The number of ether oxygens (including phenoxy) is 1. The van der Waals surface area contributed by atoms with Crippen LogP contribution in [-0.2, 0) is 9.53 Å². The van der Waals surface area contributed by atoms with Crippen LogP contribution in [0.25, 0.3) is 0 Å². The Hall–Kier alpha value is -0.610. The minimum atomic E-state index is -0.994. The second kappa shape index (κ2) is 6.79. The molecule has 0 spiro atoms. The lowest BCUT2D eigenvalue weighted by Crippen LogP contribution is -2.54. The van der Waals surface area contributed by atoms with Gasteiger partial charge in [-0.1, -0.05) is 26.7 Å². The molecule has 0 bridgehead atoms. The quantitative estimate of drug-likeness (QED) is 0.472. The van der Waals surface area contributed by atoms with E-state index >= 15 is 0 Å². The number of unbranched alkanes of at least 4 members (excludes halogenated alkanes) is 2. The molecule has 14 heavy (non-hydrogen) atoms. The molecule has 0 amide bonds. The Morgan fingerprint density at radius 2 is 2.00 bits per heavy atom. The summed E-state index contributed by atoms with van der Waals surface area (Å²) in [6, 6.07) is 0. The van der Waals surface area contributed by atoms with Crippen LogP contribution in [0.2, 0.25) is 0 Å². The SMILES string of the molecule is CCCCCOC(=O)C(N)(CC)CN. The molecule has 84 valence electrons. The summed E-state index contributed by atoms with van der Waals surface area (Å²) in [5.74, 6) is -0.376. The maximum Gasteiger partial charge on any atom is 0.327 e. The smallest absolute Gasteiger partial charge is 0.327 e. The molecule has 0 aromatic heterocycles. The Bertz CT molecular complexity index is 168. The van der Waals surface area contributed by atoms with Crippen molar-refractivity contribution in [1.29, 1.82) is 0 Å². The molecule has 1 unspecified atom stereocenters. The van der Waals surface area contributed by atoms with Gasteiger partial charge in [0.2, 0.25) is 0 Å². The van der Waals surface area contributed by atoms with E-state index in [9.17, 15) is 4.79 Å². The standard InChI is InChI=1S/C10H22N2O2/c1-3-5-6-7-14-9(13)10(12,4-2)8-11/h3-8,11-12H2,1-2H3. The normalized spacial score (nSPS) is 14.9. The van der Waals surface area contributed by atoms with Crippen molar-refractivity contribution in [2.75, 3.05) is 13.2 Å². The van der Waals surface area contributed by atoms with Gasteiger partial charge in [-0.3, -0.25) is 4.79 Å². The van der Waals surface area contributed by atoms with Crippen LogP contribution >= 0.6 is 0 Å². The largest absolute Gasteiger partial charge is 0.464 e. The highest BCUT2D eigenvalue weighted by Crippen LogP contribution is 2.07. The highest BCUT2D eigenvalue weighted by atomic mass is 16.5. The molecule has 0 aliphatic rings. The van der Waals surface area contributed by atoms with E-state index in [0.29, 0.717) is 13.0 Å². The zero-order valence-electron chi connectivity index (χ0n) is 9.21. The number of carbonyl (C=O) groups is 1. The molecule has 0 radical (unpaired) electrons. The van der Waals surface area contributed by atoms with Crippen LogP contribution < -0.4 is 11.5 Å². The molecule has 0 aliphatic heterocycles. The maximum atomic E-state index is 11.5. The number of nitrogens with two attached hydrogens (primary N) is 2. The molecule has 0 saturated carbocycles. The minimum Gasteiger partial charge on any atom is -0.464 e. The Kier molecular flexibility index (Phi) is 6.49. The first-order valence-electron chi connectivity index (χ1n) is 5.27. The first-order chi connectivity index (χ1) is 6.60. The summed E-state index contributed by atoms with van der Waals surface area (Å²) in [5, 5.41) is 0. The average Bonchev–Trinajstić information content (AvgIpc) is 2.22. The van der Waals surface area contributed by atoms with Gasteiger partial charge in [-0.25, -0.2) is 0 Å². The highest BCUT2D eigenvalue weighted by molar-refractivity contribution is 5.80. The zero-order chi connectivity index (χ0) is 11.0. The van der Waals surface area contributed by atoms with Gasteiger partial charge in [0.1, 0.15) is 5.54 Å². The Morgan fingerprint density at radius 3 is 2.43 bits per heavy atom. The van der Waals surface area contributed by atoms with E-state index in [1.165, 1.54) is 0 Å². The Balaban J connectivity index is 3.82. The van der Waals surface area contributed by atoms with Crippen molar-refractivity contribution in [3.05, 3.63) is 0 Å². The molecular weight excluding hydrogens is 180 g/mol. The lowest BCUT2D eigenvalue weighted by molar-refractivity contribution is -0.150.